The topological polar surface area (TPSA) is 228 Å². The molecule has 0 aliphatic carbocycles. The monoisotopic (exact) mass is 866 g/mol. The number of fused-ring (bicyclic) bond motifs is 4. The molecule has 4 N–H and O–H groups in total. The zero-order valence-corrected chi connectivity index (χ0v) is 33.4. The van der Waals surface area contributed by atoms with E-state index in [1.54, 1.807) is 48.5 Å². The summed E-state index contributed by atoms with van der Waals surface area (Å²) in [6.07, 6.45) is 0. The number of carbonyl (C=O) groups is 1. The Hall–Kier alpha value is -9.17. The van der Waals surface area contributed by atoms with Gasteiger partial charge in [-0.2, -0.15) is 0 Å². The van der Waals surface area contributed by atoms with E-state index in [-0.39, 0.29) is 88.6 Å². The van der Waals surface area contributed by atoms with Gasteiger partial charge in [0.1, 0.15) is 51.1 Å². The summed E-state index contributed by atoms with van der Waals surface area (Å²) in [5, 5.41) is 46.8. The summed E-state index contributed by atoms with van der Waals surface area (Å²) in [4.78, 5) is 68.1. The number of rotatable bonds is 8. The summed E-state index contributed by atoms with van der Waals surface area (Å²) < 4.78 is 27.9. The van der Waals surface area contributed by atoms with E-state index in [9.17, 15) is 44.4 Å². The van der Waals surface area contributed by atoms with Gasteiger partial charge in [0.05, 0.1) is 61.2 Å². The van der Waals surface area contributed by atoms with Crippen LogP contribution in [0.4, 0.5) is 0 Å². The van der Waals surface area contributed by atoms with Crippen LogP contribution in [0, 0.1) is 0 Å². The van der Waals surface area contributed by atoms with Gasteiger partial charge in [-0.25, -0.2) is 24.0 Å². The molecule has 14 heteroatoms. The fourth-order valence-corrected chi connectivity index (χ4v) is 8.27. The minimum absolute atomic E-state index is 0.0105. The molecule has 4 aromatic heterocycles. The van der Waals surface area contributed by atoms with Crippen LogP contribution in [0.5, 0.6) is 28.7 Å². The lowest BCUT2D eigenvalue weighted by Gasteiger charge is -2.20. The largest absolute Gasteiger partial charge is 0.507 e. The Balaban J connectivity index is 1.02. The van der Waals surface area contributed by atoms with E-state index in [0.717, 1.165) is 0 Å². The smallest absolute Gasteiger partial charge is 0.344 e. The molecule has 0 bridgehead atoms. The number of carbonyl (C=O) groups excluding carboxylic acids is 1. The molecule has 0 aliphatic heterocycles. The van der Waals surface area contributed by atoms with Crippen LogP contribution in [-0.4, -0.2) is 26.4 Å². The third-order valence-corrected chi connectivity index (χ3v) is 11.3. The predicted molar refractivity (Wildman–Crippen MR) is 236 cm³/mol. The molecule has 6 aromatic carbocycles. The normalized spacial score (nSPS) is 11.6. The standard InChI is InChI=1S/C51H30O14/c52-43-29-9-1-5-13-33(29)62-48(57)39(43)37(40-44(53)30-10-2-6-14-34(30)63-49(40)58)25-17-19-27(20-18-25)47(56)61-28-23-21-26(22-24-28)38(41-45(54)31-11-3-7-15-35(31)64-50(41)59)42-46(55)32-12-4-8-16-36(32)65-51(42)60/h1-24,37-38,52-55H. The maximum atomic E-state index is 13.6. The zero-order valence-electron chi connectivity index (χ0n) is 33.4. The molecule has 10 rings (SSSR count). The van der Waals surface area contributed by atoms with Crippen LogP contribution in [0.25, 0.3) is 43.9 Å². The van der Waals surface area contributed by atoms with Crippen molar-refractivity contribution in [1.29, 1.82) is 0 Å². The van der Waals surface area contributed by atoms with Gasteiger partial charge in [0.25, 0.3) is 0 Å². The number of benzene rings is 6. The van der Waals surface area contributed by atoms with Crippen LogP contribution >= 0.6 is 0 Å². The summed E-state index contributed by atoms with van der Waals surface area (Å²) in [5.74, 6) is -5.66. The minimum atomic E-state index is -1.45. The molecule has 0 saturated heterocycles. The molecule has 0 aliphatic rings. The van der Waals surface area contributed by atoms with Crippen molar-refractivity contribution in [2.75, 3.05) is 0 Å². The molecule has 0 atom stereocenters. The minimum Gasteiger partial charge on any atom is -0.507 e. The summed E-state index contributed by atoms with van der Waals surface area (Å²) >= 11 is 0. The van der Waals surface area contributed by atoms with E-state index in [1.165, 1.54) is 97.1 Å². The van der Waals surface area contributed by atoms with Gasteiger partial charge >= 0.3 is 28.5 Å². The third-order valence-electron chi connectivity index (χ3n) is 11.3. The summed E-state index contributed by atoms with van der Waals surface area (Å²) in [6, 6.07) is 36.2. The fraction of sp³-hybridized carbons (Fsp3) is 0.0392. The predicted octanol–water partition coefficient (Wildman–Crippen LogP) is 8.51. The van der Waals surface area contributed by atoms with Gasteiger partial charge in [-0.15, -0.1) is 0 Å². The average molecular weight is 867 g/mol. The highest BCUT2D eigenvalue weighted by molar-refractivity contribution is 5.92. The van der Waals surface area contributed by atoms with Crippen molar-refractivity contribution in [2.24, 2.45) is 0 Å². The van der Waals surface area contributed by atoms with Crippen LogP contribution in [-0.2, 0) is 0 Å². The van der Waals surface area contributed by atoms with E-state index in [2.05, 4.69) is 0 Å². The quantitative estimate of drug-likeness (QED) is 0.0638. The lowest BCUT2D eigenvalue weighted by Crippen LogP contribution is -2.21. The third kappa shape index (κ3) is 6.73. The Labute approximate surface area is 363 Å². The van der Waals surface area contributed by atoms with Crippen molar-refractivity contribution < 1.29 is 47.6 Å². The van der Waals surface area contributed by atoms with E-state index in [1.807, 2.05) is 0 Å². The molecule has 65 heavy (non-hydrogen) atoms. The van der Waals surface area contributed by atoms with E-state index < -0.39 is 63.3 Å². The lowest BCUT2D eigenvalue weighted by atomic mass is 9.84. The van der Waals surface area contributed by atoms with Crippen LogP contribution < -0.4 is 27.2 Å². The number of hydrogen-bond acceptors (Lipinski definition) is 14. The van der Waals surface area contributed by atoms with Crippen molar-refractivity contribution in [1.82, 2.24) is 0 Å². The van der Waals surface area contributed by atoms with Gasteiger partial charge in [0, 0.05) is 0 Å². The molecular formula is C51H30O14. The van der Waals surface area contributed by atoms with Gasteiger partial charge in [-0.05, 0) is 83.9 Å². The summed E-state index contributed by atoms with van der Waals surface area (Å²) in [5.41, 5.74) is -4.59. The summed E-state index contributed by atoms with van der Waals surface area (Å²) in [7, 11) is 0. The Morgan fingerprint density at radius 2 is 0.662 bits per heavy atom. The van der Waals surface area contributed by atoms with Crippen molar-refractivity contribution >= 4 is 49.8 Å². The second-order valence-corrected chi connectivity index (χ2v) is 15.0. The van der Waals surface area contributed by atoms with Crippen molar-refractivity contribution in [3.05, 3.63) is 226 Å². The molecule has 0 spiro atoms. The molecule has 0 amide bonds. The van der Waals surface area contributed by atoms with Crippen LogP contribution in [0.2, 0.25) is 0 Å². The first-order chi connectivity index (χ1) is 31.5. The van der Waals surface area contributed by atoms with Crippen LogP contribution in [0.3, 0.4) is 0 Å². The SMILES string of the molecule is O=C(Oc1ccc(C(c2c(O)c3ccccc3oc2=O)c2c(O)c3ccccc3oc2=O)cc1)c1ccc(C(c2c(O)c3ccccc3oc2=O)c2c(O)c3ccccc3oc2=O)cc1. The molecule has 0 saturated carbocycles. The van der Waals surface area contributed by atoms with Gasteiger partial charge in [-0.3, -0.25) is 0 Å². The molecule has 10 aromatic rings. The first-order valence-corrected chi connectivity index (χ1v) is 19.9. The molecule has 0 unspecified atom stereocenters. The van der Waals surface area contributed by atoms with Crippen LogP contribution in [0.1, 0.15) is 55.6 Å². The van der Waals surface area contributed by atoms with Gasteiger partial charge in [0.15, 0.2) is 0 Å². The van der Waals surface area contributed by atoms with Crippen molar-refractivity contribution in [3.8, 4) is 28.7 Å². The van der Waals surface area contributed by atoms with E-state index in [0.29, 0.717) is 0 Å². The van der Waals surface area contributed by atoms with Gasteiger partial charge in [0.2, 0.25) is 0 Å². The molecule has 14 nitrogen and oxygen atoms in total. The highest BCUT2D eigenvalue weighted by atomic mass is 16.5. The molecular weight excluding hydrogens is 837 g/mol. The highest BCUT2D eigenvalue weighted by Crippen LogP contribution is 2.44. The van der Waals surface area contributed by atoms with Gasteiger partial charge < -0.3 is 42.8 Å². The second-order valence-electron chi connectivity index (χ2n) is 15.0. The zero-order chi connectivity index (χ0) is 45.1. The molecule has 318 valence electrons. The molecule has 0 fully saturated rings. The first-order valence-electron chi connectivity index (χ1n) is 19.9. The Kier molecular flexibility index (Phi) is 9.60. The highest BCUT2D eigenvalue weighted by Gasteiger charge is 2.34. The van der Waals surface area contributed by atoms with Crippen LogP contribution in [0.15, 0.2) is 182 Å². The molecule has 4 heterocycles. The maximum absolute atomic E-state index is 13.6. The number of para-hydroxylation sites is 4. The lowest BCUT2D eigenvalue weighted by molar-refractivity contribution is 0.0734. The number of esters is 1. The Morgan fingerprint density at radius 1 is 0.385 bits per heavy atom. The number of hydrogen-bond donors (Lipinski definition) is 4. The first kappa shape index (κ1) is 39.9. The van der Waals surface area contributed by atoms with Crippen molar-refractivity contribution in [3.63, 3.8) is 0 Å². The molecule has 0 radical (unpaired) electrons. The van der Waals surface area contributed by atoms with Crippen molar-refractivity contribution in [2.45, 2.75) is 11.8 Å². The van der Waals surface area contributed by atoms with E-state index in [4.69, 9.17) is 22.4 Å². The number of ether oxygens (including phenoxy) is 1. The Morgan fingerprint density at radius 3 is 0.969 bits per heavy atom. The Bertz CT molecular complexity index is 3610. The van der Waals surface area contributed by atoms with E-state index >= 15 is 0 Å². The fourth-order valence-electron chi connectivity index (χ4n) is 8.27. The second kappa shape index (κ2) is 15.6. The average Bonchev–Trinajstić information content (AvgIpc) is 3.31. The number of aromatic hydroxyl groups is 4. The summed E-state index contributed by atoms with van der Waals surface area (Å²) in [6.45, 7) is 0. The maximum Gasteiger partial charge on any atom is 0.344 e. The van der Waals surface area contributed by atoms with Gasteiger partial charge in [-0.1, -0.05) is 72.8 Å².